The van der Waals surface area contributed by atoms with E-state index in [0.717, 1.165) is 42.4 Å². The number of ether oxygens (including phenoxy) is 2. The molecule has 1 amide bonds. The number of benzene rings is 2. The third-order valence-electron chi connectivity index (χ3n) is 7.11. The van der Waals surface area contributed by atoms with E-state index >= 15 is 0 Å². The predicted molar refractivity (Wildman–Crippen MR) is 170 cm³/mol. The Morgan fingerprint density at radius 1 is 0.864 bits per heavy atom. The van der Waals surface area contributed by atoms with Crippen molar-refractivity contribution < 1.29 is 38.2 Å². The van der Waals surface area contributed by atoms with Gasteiger partial charge in [0.2, 0.25) is 5.91 Å². The van der Waals surface area contributed by atoms with E-state index < -0.39 is 44.0 Å². The van der Waals surface area contributed by atoms with Gasteiger partial charge in [0.05, 0.1) is 19.1 Å². The van der Waals surface area contributed by atoms with Crippen molar-refractivity contribution in [3.05, 3.63) is 60.2 Å². The van der Waals surface area contributed by atoms with Crippen molar-refractivity contribution in [3.8, 4) is 11.1 Å². The van der Waals surface area contributed by atoms with Crippen molar-refractivity contribution in [2.24, 2.45) is 5.92 Å². The maximum Gasteiger partial charge on any atom is 0.339 e. The molecule has 10 nitrogen and oxygen atoms in total. The quantitative estimate of drug-likeness (QED) is 0.0730. The van der Waals surface area contributed by atoms with Gasteiger partial charge in [0.25, 0.3) is 0 Å². The van der Waals surface area contributed by atoms with Gasteiger partial charge < -0.3 is 24.6 Å². The third-order valence-corrected chi connectivity index (χ3v) is 7.80. The van der Waals surface area contributed by atoms with Crippen LogP contribution in [0.1, 0.15) is 78.2 Å². The van der Waals surface area contributed by atoms with Crippen LogP contribution in [0.15, 0.2) is 54.6 Å². The van der Waals surface area contributed by atoms with Gasteiger partial charge in [-0.2, -0.15) is 0 Å². The summed E-state index contributed by atoms with van der Waals surface area (Å²) in [6.07, 6.45) is 3.03. The Kier molecular flexibility index (Phi) is 16.4. The Labute approximate surface area is 261 Å². The zero-order valence-corrected chi connectivity index (χ0v) is 27.3. The van der Waals surface area contributed by atoms with Crippen LogP contribution in [0.4, 0.5) is 0 Å². The average Bonchev–Trinajstić information content (AvgIpc) is 2.98. The molecule has 244 valence electrons. The van der Waals surface area contributed by atoms with Crippen LogP contribution in [0.5, 0.6) is 0 Å². The summed E-state index contributed by atoms with van der Waals surface area (Å²) in [5.74, 6) is -1.89. The van der Waals surface area contributed by atoms with Crippen molar-refractivity contribution in [1.82, 2.24) is 10.2 Å². The molecule has 0 heterocycles. The minimum atomic E-state index is -4.71. The molecule has 44 heavy (non-hydrogen) atoms. The molecule has 2 aromatic rings. The van der Waals surface area contributed by atoms with E-state index in [1.165, 1.54) is 4.90 Å². The van der Waals surface area contributed by atoms with Crippen LogP contribution < -0.4 is 5.32 Å². The first-order chi connectivity index (χ1) is 20.9. The molecular weight excluding hydrogens is 583 g/mol. The fourth-order valence-electron chi connectivity index (χ4n) is 4.91. The highest BCUT2D eigenvalue weighted by Crippen LogP contribution is 2.38. The number of carbonyl (C=O) groups excluding carboxylic acids is 3. The van der Waals surface area contributed by atoms with Crippen LogP contribution in [0.2, 0.25) is 0 Å². The molecule has 0 bridgehead atoms. The molecule has 0 aliphatic heterocycles. The SMILES string of the molecule is CCCCCCCC(=O)OC(C(C)C)N(CP(=O)(O)O)C(Cc1ccc(-c2ccccc2)cc1)C(=O)NCCC(=O)OCC. The highest BCUT2D eigenvalue weighted by atomic mass is 31.2. The van der Waals surface area contributed by atoms with Crippen LogP contribution in [-0.4, -0.2) is 64.2 Å². The Bertz CT molecular complexity index is 1200. The number of amides is 1. The third kappa shape index (κ3) is 13.7. The van der Waals surface area contributed by atoms with Crippen LogP contribution in [0.3, 0.4) is 0 Å². The largest absolute Gasteiger partial charge is 0.466 e. The molecule has 11 heteroatoms. The van der Waals surface area contributed by atoms with Gasteiger partial charge in [0.15, 0.2) is 6.23 Å². The molecule has 2 unspecified atom stereocenters. The monoisotopic (exact) mass is 632 g/mol. The zero-order valence-electron chi connectivity index (χ0n) is 26.4. The second kappa shape index (κ2) is 19.4. The van der Waals surface area contributed by atoms with Gasteiger partial charge in [-0.05, 0) is 36.5 Å². The molecule has 0 saturated carbocycles. The molecule has 0 fully saturated rings. The lowest BCUT2D eigenvalue weighted by Gasteiger charge is -2.38. The van der Waals surface area contributed by atoms with E-state index in [0.29, 0.717) is 6.42 Å². The maximum absolute atomic E-state index is 13.7. The van der Waals surface area contributed by atoms with E-state index in [2.05, 4.69) is 12.2 Å². The van der Waals surface area contributed by atoms with Gasteiger partial charge >= 0.3 is 19.5 Å². The first-order valence-corrected chi connectivity index (χ1v) is 17.3. The second-order valence-electron chi connectivity index (χ2n) is 11.2. The molecule has 2 atom stereocenters. The summed E-state index contributed by atoms with van der Waals surface area (Å²) in [5, 5.41) is 2.72. The van der Waals surface area contributed by atoms with Crippen molar-refractivity contribution in [2.45, 2.75) is 91.3 Å². The predicted octanol–water partition coefficient (Wildman–Crippen LogP) is 5.66. The Hall–Kier alpha value is -3.04. The summed E-state index contributed by atoms with van der Waals surface area (Å²) in [5.41, 5.74) is 2.75. The number of rotatable bonds is 20. The number of unbranched alkanes of at least 4 members (excludes halogenated alkanes) is 4. The molecule has 2 aromatic carbocycles. The summed E-state index contributed by atoms with van der Waals surface area (Å²) < 4.78 is 23.2. The molecule has 0 aliphatic rings. The standard InChI is InChI=1S/C33H49N2O8P/c1-5-7-8-9-13-16-31(37)43-33(25(3)4)35(24-44(39,40)41)29(32(38)34-22-21-30(36)42-6-2)23-26-17-19-28(20-18-26)27-14-11-10-12-15-27/h10-12,14-15,17-20,25,29,33H,5-9,13,16,21-24H2,1-4H3,(H,34,38)(H2,39,40,41). The van der Waals surface area contributed by atoms with Crippen molar-refractivity contribution >= 4 is 25.4 Å². The number of esters is 2. The molecule has 2 rings (SSSR count). The lowest BCUT2D eigenvalue weighted by molar-refractivity contribution is -0.169. The summed E-state index contributed by atoms with van der Waals surface area (Å²) >= 11 is 0. The van der Waals surface area contributed by atoms with E-state index in [9.17, 15) is 28.7 Å². The van der Waals surface area contributed by atoms with Crippen LogP contribution in [0.25, 0.3) is 11.1 Å². The van der Waals surface area contributed by atoms with E-state index in [4.69, 9.17) is 9.47 Å². The lowest BCUT2D eigenvalue weighted by Crippen LogP contribution is -2.55. The highest BCUT2D eigenvalue weighted by molar-refractivity contribution is 7.51. The fourth-order valence-corrected chi connectivity index (χ4v) is 5.69. The number of nitrogens with zero attached hydrogens (tertiary/aromatic N) is 1. The normalized spacial score (nSPS) is 13.0. The van der Waals surface area contributed by atoms with Crippen molar-refractivity contribution in [3.63, 3.8) is 0 Å². The zero-order chi connectivity index (χ0) is 32.5. The molecular formula is C33H49N2O8P. The fraction of sp³-hybridized carbons (Fsp3) is 0.545. The van der Waals surface area contributed by atoms with Crippen LogP contribution >= 0.6 is 7.60 Å². The minimum absolute atomic E-state index is 0.0191. The van der Waals surface area contributed by atoms with Gasteiger partial charge in [-0.25, -0.2) is 4.90 Å². The van der Waals surface area contributed by atoms with E-state index in [1.54, 1.807) is 20.8 Å². The molecule has 0 aromatic heterocycles. The van der Waals surface area contributed by atoms with Crippen LogP contribution in [-0.2, 0) is 34.8 Å². The summed E-state index contributed by atoms with van der Waals surface area (Å²) in [4.78, 5) is 59.9. The number of hydrogen-bond donors (Lipinski definition) is 3. The van der Waals surface area contributed by atoms with E-state index in [1.807, 2.05) is 54.6 Å². The number of nitrogens with one attached hydrogen (secondary N) is 1. The molecule has 0 aliphatic carbocycles. The lowest BCUT2D eigenvalue weighted by atomic mass is 9.99. The Morgan fingerprint density at radius 2 is 1.50 bits per heavy atom. The summed E-state index contributed by atoms with van der Waals surface area (Å²) in [6, 6.07) is 16.3. The Morgan fingerprint density at radius 3 is 2.09 bits per heavy atom. The first-order valence-electron chi connectivity index (χ1n) is 15.5. The van der Waals surface area contributed by atoms with Crippen LogP contribution in [0, 0.1) is 5.92 Å². The Balaban J connectivity index is 2.37. The van der Waals surface area contributed by atoms with Gasteiger partial charge in [-0.3, -0.25) is 18.9 Å². The van der Waals surface area contributed by atoms with Gasteiger partial charge in [-0.1, -0.05) is 101 Å². The topological polar surface area (TPSA) is 142 Å². The summed E-state index contributed by atoms with van der Waals surface area (Å²) in [6.45, 7) is 7.54. The number of hydrogen-bond acceptors (Lipinski definition) is 7. The number of carbonyl (C=O) groups is 3. The van der Waals surface area contributed by atoms with Gasteiger partial charge in [0, 0.05) is 18.9 Å². The first kappa shape index (κ1) is 37.1. The highest BCUT2D eigenvalue weighted by Gasteiger charge is 2.39. The van der Waals surface area contributed by atoms with Gasteiger partial charge in [-0.15, -0.1) is 0 Å². The van der Waals surface area contributed by atoms with Gasteiger partial charge in [0.1, 0.15) is 6.29 Å². The average molecular weight is 633 g/mol. The van der Waals surface area contributed by atoms with Crippen molar-refractivity contribution in [1.29, 1.82) is 0 Å². The molecule has 0 radical (unpaired) electrons. The smallest absolute Gasteiger partial charge is 0.339 e. The minimum Gasteiger partial charge on any atom is -0.466 e. The van der Waals surface area contributed by atoms with Crippen molar-refractivity contribution in [2.75, 3.05) is 19.4 Å². The molecule has 0 spiro atoms. The maximum atomic E-state index is 13.7. The second-order valence-corrected chi connectivity index (χ2v) is 12.9. The molecule has 0 saturated heterocycles. The summed E-state index contributed by atoms with van der Waals surface area (Å²) in [7, 11) is -4.71. The molecule has 3 N–H and O–H groups in total. The van der Waals surface area contributed by atoms with E-state index in [-0.39, 0.29) is 38.3 Å².